The van der Waals surface area contributed by atoms with Gasteiger partial charge in [-0.1, -0.05) is 30.3 Å². The molecule has 1 aliphatic heterocycles. The molecule has 2 heterocycles. The summed E-state index contributed by atoms with van der Waals surface area (Å²) in [5.74, 6) is -0.682. The highest BCUT2D eigenvalue weighted by Gasteiger charge is 2.26. The Morgan fingerprint density at radius 3 is 2.58 bits per heavy atom. The number of halogens is 2. The molecule has 1 saturated heterocycles. The Morgan fingerprint density at radius 1 is 1.06 bits per heavy atom. The summed E-state index contributed by atoms with van der Waals surface area (Å²) < 4.78 is 33.1. The number of benzene rings is 2. The molecular weight excluding hydrogens is 424 g/mol. The zero-order valence-corrected chi connectivity index (χ0v) is 18.3. The normalized spacial score (nSPS) is 15.1. The first-order valence-corrected chi connectivity index (χ1v) is 11.2. The van der Waals surface area contributed by atoms with E-state index < -0.39 is 11.9 Å². The molecule has 2 N–H and O–H groups in total. The quantitative estimate of drug-likeness (QED) is 0.523. The van der Waals surface area contributed by atoms with Crippen molar-refractivity contribution in [3.8, 4) is 16.9 Å². The van der Waals surface area contributed by atoms with Crippen LogP contribution in [0, 0.1) is 17.6 Å². The summed E-state index contributed by atoms with van der Waals surface area (Å²) >= 11 is 0. The maximum atomic E-state index is 14.0. The van der Waals surface area contributed by atoms with Gasteiger partial charge in [-0.2, -0.15) is 0 Å². The molecule has 5 nitrogen and oxygen atoms in total. The summed E-state index contributed by atoms with van der Waals surface area (Å²) in [4.78, 5) is 17.6. The number of carbonyl (C=O) groups excluding carboxylic acids is 1. The van der Waals surface area contributed by atoms with Crippen molar-refractivity contribution in [2.45, 2.75) is 25.3 Å². The summed E-state index contributed by atoms with van der Waals surface area (Å²) in [6.07, 6.45) is 3.62. The summed E-state index contributed by atoms with van der Waals surface area (Å²) in [6.45, 7) is 1.81. The standard InChI is InChI=1S/C26H27F2N3O2/c27-20-9-7-18(8-10-20)21-4-3-14-30-25(21)23(31-26(32)19-11-15-29-16-12-19)13-17-33-24-6-2-1-5-22(24)28/h1-10,14,19,23,29H,11-13,15-17H2,(H,31,32). The molecule has 172 valence electrons. The number of ether oxygens (including phenoxy) is 1. The number of nitrogens with zero attached hydrogens (tertiary/aromatic N) is 1. The van der Waals surface area contributed by atoms with Gasteiger partial charge in [0.05, 0.1) is 18.3 Å². The summed E-state index contributed by atoms with van der Waals surface area (Å²) in [5.41, 5.74) is 2.28. The van der Waals surface area contributed by atoms with Gasteiger partial charge in [-0.3, -0.25) is 9.78 Å². The first-order valence-electron chi connectivity index (χ1n) is 11.2. The van der Waals surface area contributed by atoms with E-state index in [-0.39, 0.29) is 30.0 Å². The number of amides is 1. The first-order chi connectivity index (χ1) is 16.1. The third-order valence-corrected chi connectivity index (χ3v) is 5.85. The minimum absolute atomic E-state index is 0.0249. The van der Waals surface area contributed by atoms with Gasteiger partial charge in [0, 0.05) is 24.1 Å². The molecule has 0 aliphatic carbocycles. The molecule has 1 unspecified atom stereocenters. The summed E-state index contributed by atoms with van der Waals surface area (Å²) in [5, 5.41) is 6.42. The fourth-order valence-corrected chi connectivity index (χ4v) is 4.07. The van der Waals surface area contributed by atoms with E-state index in [2.05, 4.69) is 15.6 Å². The second-order valence-corrected chi connectivity index (χ2v) is 8.10. The molecule has 1 fully saturated rings. The van der Waals surface area contributed by atoms with Crippen LogP contribution in [0.5, 0.6) is 5.75 Å². The van der Waals surface area contributed by atoms with Crippen molar-refractivity contribution in [2.75, 3.05) is 19.7 Å². The van der Waals surface area contributed by atoms with Gasteiger partial charge in [0.1, 0.15) is 5.82 Å². The molecule has 1 aromatic heterocycles. The lowest BCUT2D eigenvalue weighted by molar-refractivity contribution is -0.126. The lowest BCUT2D eigenvalue weighted by atomic mass is 9.94. The Hall–Kier alpha value is -3.32. The van der Waals surface area contributed by atoms with Gasteiger partial charge >= 0.3 is 0 Å². The van der Waals surface area contributed by atoms with Gasteiger partial charge in [-0.25, -0.2) is 8.78 Å². The highest BCUT2D eigenvalue weighted by Crippen LogP contribution is 2.29. The number of hydrogen-bond acceptors (Lipinski definition) is 4. The van der Waals surface area contributed by atoms with Gasteiger partial charge in [-0.15, -0.1) is 0 Å². The maximum Gasteiger partial charge on any atom is 0.223 e. The van der Waals surface area contributed by atoms with E-state index in [4.69, 9.17) is 4.74 Å². The number of carbonyl (C=O) groups is 1. The fraction of sp³-hybridized carbons (Fsp3) is 0.308. The van der Waals surface area contributed by atoms with Crippen LogP contribution in [0.1, 0.15) is 31.0 Å². The van der Waals surface area contributed by atoms with Crippen LogP contribution < -0.4 is 15.4 Å². The number of nitrogens with one attached hydrogen (secondary N) is 2. The van der Waals surface area contributed by atoms with Gasteiger partial charge < -0.3 is 15.4 Å². The predicted molar refractivity (Wildman–Crippen MR) is 123 cm³/mol. The molecule has 1 aliphatic rings. The van der Waals surface area contributed by atoms with Gasteiger partial charge in [0.2, 0.25) is 5.91 Å². The van der Waals surface area contributed by atoms with E-state index in [1.165, 1.54) is 18.2 Å². The van der Waals surface area contributed by atoms with Crippen molar-refractivity contribution < 1.29 is 18.3 Å². The Bertz CT molecular complexity index is 1070. The second kappa shape index (κ2) is 11.0. The van der Waals surface area contributed by atoms with Crippen LogP contribution in [0.25, 0.3) is 11.1 Å². The predicted octanol–water partition coefficient (Wildman–Crippen LogP) is 4.65. The van der Waals surface area contributed by atoms with Gasteiger partial charge in [0.25, 0.3) is 0 Å². The lowest BCUT2D eigenvalue weighted by Gasteiger charge is -2.26. The SMILES string of the molecule is O=C(NC(CCOc1ccccc1F)c1ncccc1-c1ccc(F)cc1)C1CCNCC1. The van der Waals surface area contributed by atoms with Crippen LogP contribution in [-0.4, -0.2) is 30.6 Å². The van der Waals surface area contributed by atoms with Crippen LogP contribution in [0.15, 0.2) is 66.9 Å². The van der Waals surface area contributed by atoms with E-state index in [1.807, 2.05) is 12.1 Å². The molecule has 3 aromatic rings. The van der Waals surface area contributed by atoms with E-state index in [0.717, 1.165) is 37.1 Å². The summed E-state index contributed by atoms with van der Waals surface area (Å²) in [7, 11) is 0. The van der Waals surface area contributed by atoms with Gasteiger partial charge in [0.15, 0.2) is 11.6 Å². The molecule has 33 heavy (non-hydrogen) atoms. The van der Waals surface area contributed by atoms with E-state index in [1.54, 1.807) is 36.5 Å². The monoisotopic (exact) mass is 451 g/mol. The number of para-hydroxylation sites is 1. The molecule has 7 heteroatoms. The first kappa shape index (κ1) is 22.9. The van der Waals surface area contributed by atoms with E-state index >= 15 is 0 Å². The third kappa shape index (κ3) is 5.93. The van der Waals surface area contributed by atoms with Crippen molar-refractivity contribution in [1.82, 2.24) is 15.6 Å². The fourth-order valence-electron chi connectivity index (χ4n) is 4.07. The van der Waals surface area contributed by atoms with E-state index in [0.29, 0.717) is 12.1 Å². The number of rotatable bonds is 8. The molecule has 1 atom stereocenters. The van der Waals surface area contributed by atoms with Crippen LogP contribution >= 0.6 is 0 Å². The van der Waals surface area contributed by atoms with Crippen LogP contribution in [0.3, 0.4) is 0 Å². The van der Waals surface area contributed by atoms with E-state index in [9.17, 15) is 13.6 Å². The summed E-state index contributed by atoms with van der Waals surface area (Å²) in [6, 6.07) is 15.7. The third-order valence-electron chi connectivity index (χ3n) is 5.85. The average molecular weight is 452 g/mol. The largest absolute Gasteiger partial charge is 0.490 e. The molecule has 0 spiro atoms. The Kier molecular flexibility index (Phi) is 7.62. The van der Waals surface area contributed by atoms with Crippen molar-refractivity contribution in [3.05, 3.63) is 84.2 Å². The van der Waals surface area contributed by atoms with Crippen LogP contribution in [0.2, 0.25) is 0 Å². The van der Waals surface area contributed by atoms with Crippen molar-refractivity contribution in [3.63, 3.8) is 0 Å². The molecule has 4 rings (SSSR count). The minimum atomic E-state index is -0.444. The smallest absolute Gasteiger partial charge is 0.223 e. The number of piperidine rings is 1. The average Bonchev–Trinajstić information content (AvgIpc) is 2.85. The topological polar surface area (TPSA) is 63.2 Å². The lowest BCUT2D eigenvalue weighted by Crippen LogP contribution is -2.40. The van der Waals surface area contributed by atoms with Crippen LogP contribution in [0.4, 0.5) is 8.78 Å². The highest BCUT2D eigenvalue weighted by atomic mass is 19.1. The molecular formula is C26H27F2N3O2. The Labute approximate surface area is 192 Å². The number of pyridine rings is 1. The van der Waals surface area contributed by atoms with Crippen molar-refractivity contribution >= 4 is 5.91 Å². The van der Waals surface area contributed by atoms with Crippen molar-refractivity contribution in [1.29, 1.82) is 0 Å². The molecule has 0 radical (unpaired) electrons. The number of hydrogen-bond donors (Lipinski definition) is 2. The second-order valence-electron chi connectivity index (χ2n) is 8.10. The Balaban J connectivity index is 1.57. The van der Waals surface area contributed by atoms with Crippen LogP contribution in [-0.2, 0) is 4.79 Å². The number of aromatic nitrogens is 1. The molecule has 2 aromatic carbocycles. The maximum absolute atomic E-state index is 14.0. The minimum Gasteiger partial charge on any atom is -0.490 e. The molecule has 1 amide bonds. The molecule has 0 bridgehead atoms. The zero-order valence-electron chi connectivity index (χ0n) is 18.3. The zero-order chi connectivity index (χ0) is 23.0. The van der Waals surface area contributed by atoms with Gasteiger partial charge in [-0.05, 0) is 61.8 Å². The van der Waals surface area contributed by atoms with Crippen molar-refractivity contribution in [2.24, 2.45) is 5.92 Å². The Morgan fingerprint density at radius 2 is 1.82 bits per heavy atom. The highest BCUT2D eigenvalue weighted by molar-refractivity contribution is 5.79. The molecule has 0 saturated carbocycles.